The number of methoxy groups -OCH3 is 1. The number of aryl methyl sites for hydroxylation is 1. The fourth-order valence-corrected chi connectivity index (χ4v) is 6.91. The fourth-order valence-electron chi connectivity index (χ4n) is 6.91. The van der Waals surface area contributed by atoms with Gasteiger partial charge in [0, 0.05) is 37.5 Å². The molecule has 0 radical (unpaired) electrons. The van der Waals surface area contributed by atoms with Gasteiger partial charge in [-0.05, 0) is 85.9 Å². The first-order valence-corrected chi connectivity index (χ1v) is 14.4. The third-order valence-corrected chi connectivity index (χ3v) is 9.69. The molecular formula is C31H34F3N5O4. The van der Waals surface area contributed by atoms with Gasteiger partial charge in [0.05, 0.1) is 12.1 Å². The number of benzene rings is 2. The summed E-state index contributed by atoms with van der Waals surface area (Å²) < 4.78 is 51.2. The van der Waals surface area contributed by atoms with Crippen molar-refractivity contribution in [3.05, 3.63) is 76.4 Å². The number of alkyl halides is 3. The van der Waals surface area contributed by atoms with E-state index in [9.17, 15) is 27.9 Å². The number of aromatic nitrogens is 3. The van der Waals surface area contributed by atoms with Crippen molar-refractivity contribution in [1.29, 1.82) is 0 Å². The lowest BCUT2D eigenvalue weighted by atomic mass is 9.69. The third kappa shape index (κ3) is 4.66. The number of carbonyl (C=O) groups excluding carboxylic acids is 1. The van der Waals surface area contributed by atoms with E-state index in [1.54, 1.807) is 43.1 Å². The maximum atomic E-state index is 14.4. The van der Waals surface area contributed by atoms with Crippen molar-refractivity contribution in [2.45, 2.75) is 75.9 Å². The number of amides is 2. The molecule has 0 spiro atoms. The number of fused-ring (bicyclic) bond motifs is 1. The Hall–Kier alpha value is -3.93. The van der Waals surface area contributed by atoms with E-state index < -0.39 is 34.9 Å². The van der Waals surface area contributed by atoms with Gasteiger partial charge in [-0.3, -0.25) is 9.69 Å². The van der Waals surface area contributed by atoms with Crippen molar-refractivity contribution in [3.8, 4) is 0 Å². The number of nitrogens with zero attached hydrogens (tertiary/aromatic N) is 5. The average Bonchev–Trinajstić information content (AvgIpc) is 3.50. The van der Waals surface area contributed by atoms with Crippen molar-refractivity contribution in [2.24, 2.45) is 13.0 Å². The van der Waals surface area contributed by atoms with Gasteiger partial charge in [-0.15, -0.1) is 10.2 Å². The Balaban J connectivity index is 1.39. The van der Waals surface area contributed by atoms with Crippen LogP contribution in [0.2, 0.25) is 0 Å². The second-order valence-corrected chi connectivity index (χ2v) is 12.2. The highest BCUT2D eigenvalue weighted by Gasteiger charge is 2.49. The van der Waals surface area contributed by atoms with Gasteiger partial charge in [0.25, 0.3) is 5.91 Å². The molecule has 12 heteroatoms. The summed E-state index contributed by atoms with van der Waals surface area (Å²) in [6, 6.07) is 9.55. The van der Waals surface area contributed by atoms with Crippen LogP contribution in [0.25, 0.3) is 0 Å². The normalized spacial score (nSPS) is 19.4. The Morgan fingerprint density at radius 2 is 1.93 bits per heavy atom. The van der Waals surface area contributed by atoms with Crippen LogP contribution in [0.4, 0.5) is 23.7 Å². The van der Waals surface area contributed by atoms with E-state index in [1.807, 2.05) is 13.1 Å². The van der Waals surface area contributed by atoms with Crippen molar-refractivity contribution in [2.75, 3.05) is 12.0 Å². The summed E-state index contributed by atoms with van der Waals surface area (Å²) in [4.78, 5) is 28.4. The predicted octanol–water partition coefficient (Wildman–Crippen LogP) is 6.11. The molecule has 1 aromatic heterocycles. The monoisotopic (exact) mass is 597 g/mol. The Labute approximate surface area is 247 Å². The molecule has 2 saturated carbocycles. The fraction of sp³-hybridized carbons (Fsp3) is 0.484. The minimum Gasteiger partial charge on any atom is -0.465 e. The zero-order valence-electron chi connectivity index (χ0n) is 24.3. The molecule has 228 valence electrons. The van der Waals surface area contributed by atoms with Crippen LogP contribution in [-0.4, -0.2) is 49.4 Å². The predicted molar refractivity (Wildman–Crippen MR) is 150 cm³/mol. The van der Waals surface area contributed by atoms with E-state index in [-0.39, 0.29) is 35.7 Å². The van der Waals surface area contributed by atoms with Gasteiger partial charge in [0.15, 0.2) is 11.4 Å². The van der Waals surface area contributed by atoms with E-state index >= 15 is 0 Å². The zero-order chi connectivity index (χ0) is 30.7. The van der Waals surface area contributed by atoms with Gasteiger partial charge in [-0.25, -0.2) is 4.79 Å². The average molecular weight is 598 g/mol. The molecule has 6 rings (SSSR count). The highest BCUT2D eigenvalue weighted by Crippen LogP contribution is 2.49. The Morgan fingerprint density at radius 1 is 1.19 bits per heavy atom. The van der Waals surface area contributed by atoms with E-state index in [0.717, 1.165) is 37.3 Å². The van der Waals surface area contributed by atoms with Crippen molar-refractivity contribution in [3.63, 3.8) is 0 Å². The van der Waals surface area contributed by atoms with Crippen molar-refractivity contribution in [1.82, 2.24) is 19.7 Å². The number of hydrogen-bond donors (Lipinski definition) is 1. The summed E-state index contributed by atoms with van der Waals surface area (Å²) in [5.41, 5.74) is -1.39. The summed E-state index contributed by atoms with van der Waals surface area (Å²) in [5.74, 6) is 0.151. The zero-order valence-corrected chi connectivity index (χ0v) is 24.3. The van der Waals surface area contributed by atoms with Gasteiger partial charge in [-0.1, -0.05) is 18.6 Å². The summed E-state index contributed by atoms with van der Waals surface area (Å²) in [7, 11) is 3.44. The van der Waals surface area contributed by atoms with Gasteiger partial charge >= 0.3 is 12.3 Å². The van der Waals surface area contributed by atoms with Crippen LogP contribution in [-0.2, 0) is 36.7 Å². The largest absolute Gasteiger partial charge is 0.465 e. The molecule has 2 amide bonds. The SMILES string of the molecule is COC(c1cccc(N2Cc3c(cc(CN(C(=O)O)C4(C)CCC4)cc3C(F)(F)F)C2=O)c1)(c1nncn1C)C1CCC1. The first-order valence-electron chi connectivity index (χ1n) is 14.4. The first kappa shape index (κ1) is 29.2. The molecule has 3 aromatic rings. The smallest absolute Gasteiger partial charge is 0.416 e. The van der Waals surface area contributed by atoms with Gasteiger partial charge in [-0.2, -0.15) is 13.2 Å². The summed E-state index contributed by atoms with van der Waals surface area (Å²) in [5, 5.41) is 18.3. The molecule has 2 aromatic carbocycles. The third-order valence-electron chi connectivity index (χ3n) is 9.69. The number of hydrogen-bond acceptors (Lipinski definition) is 5. The van der Waals surface area contributed by atoms with Crippen LogP contribution in [0.5, 0.6) is 0 Å². The van der Waals surface area contributed by atoms with Gasteiger partial charge < -0.3 is 19.3 Å². The topological polar surface area (TPSA) is 101 Å². The van der Waals surface area contributed by atoms with Crippen LogP contribution in [0.15, 0.2) is 42.7 Å². The maximum Gasteiger partial charge on any atom is 0.416 e. The summed E-state index contributed by atoms with van der Waals surface area (Å²) >= 11 is 0. The van der Waals surface area contributed by atoms with Crippen LogP contribution < -0.4 is 4.90 Å². The lowest BCUT2D eigenvalue weighted by Crippen LogP contribution is -2.53. The van der Waals surface area contributed by atoms with Crippen LogP contribution >= 0.6 is 0 Å². The Bertz CT molecular complexity index is 1580. The molecule has 43 heavy (non-hydrogen) atoms. The standard InChI is InChI=1S/C31H34F3N5O4/c1-29(11-6-12-29)39(28(41)42)16-19-13-23-24(25(14-19)31(32,33)34)17-38(26(23)40)22-10-5-9-21(15-22)30(43-3,20-7-4-8-20)27-36-35-18-37(27)2/h5,9-10,13-15,18,20H,4,6-8,11-12,16-17H2,1-3H3,(H,41,42). The Morgan fingerprint density at radius 3 is 2.47 bits per heavy atom. The van der Waals surface area contributed by atoms with Crippen molar-refractivity contribution < 1.29 is 32.6 Å². The number of ether oxygens (including phenoxy) is 1. The summed E-state index contributed by atoms with van der Waals surface area (Å²) in [6.45, 7) is 1.30. The lowest BCUT2D eigenvalue weighted by molar-refractivity contribution is -0.138. The van der Waals surface area contributed by atoms with E-state index in [2.05, 4.69) is 10.2 Å². The molecule has 1 aliphatic heterocycles. The van der Waals surface area contributed by atoms with E-state index in [1.165, 1.54) is 15.9 Å². The minimum atomic E-state index is -4.73. The highest BCUT2D eigenvalue weighted by atomic mass is 19.4. The number of rotatable bonds is 8. The molecular weight excluding hydrogens is 563 g/mol. The molecule has 3 aliphatic rings. The number of carbonyl (C=O) groups is 2. The van der Waals surface area contributed by atoms with Gasteiger partial charge in [0.2, 0.25) is 0 Å². The lowest BCUT2D eigenvalue weighted by Gasteiger charge is -2.46. The summed E-state index contributed by atoms with van der Waals surface area (Å²) in [6.07, 6.45) is 0.645. The molecule has 2 heterocycles. The van der Waals surface area contributed by atoms with Crippen LogP contribution in [0, 0.1) is 5.92 Å². The second-order valence-electron chi connectivity index (χ2n) is 12.2. The van der Waals surface area contributed by atoms with Crippen molar-refractivity contribution >= 4 is 17.7 Å². The quantitative estimate of drug-likeness (QED) is 0.337. The molecule has 1 unspecified atom stereocenters. The highest BCUT2D eigenvalue weighted by molar-refractivity contribution is 6.10. The first-order chi connectivity index (χ1) is 20.4. The Kier molecular flexibility index (Phi) is 7.02. The number of carboxylic acid groups (broad SMARTS) is 1. The minimum absolute atomic E-state index is 0.0652. The number of anilines is 1. The second kappa shape index (κ2) is 10.4. The molecule has 0 bridgehead atoms. The van der Waals surface area contributed by atoms with E-state index in [0.29, 0.717) is 24.4 Å². The molecule has 2 aliphatic carbocycles. The molecule has 1 N–H and O–H groups in total. The van der Waals surface area contributed by atoms with Crippen LogP contribution in [0.3, 0.4) is 0 Å². The molecule has 9 nitrogen and oxygen atoms in total. The van der Waals surface area contributed by atoms with E-state index in [4.69, 9.17) is 4.74 Å². The molecule has 1 atom stereocenters. The molecule has 2 fully saturated rings. The molecule has 0 saturated heterocycles. The number of halogens is 3. The van der Waals surface area contributed by atoms with Gasteiger partial charge in [0.1, 0.15) is 6.33 Å². The van der Waals surface area contributed by atoms with Crippen LogP contribution in [0.1, 0.15) is 83.9 Å². The maximum absolute atomic E-state index is 14.4.